The molecule has 7 nitrogen and oxygen atoms in total. The molecule has 5 aromatic carbocycles. The average molecular weight is 705 g/mol. The molecule has 3 aliphatic rings. The van der Waals surface area contributed by atoms with Gasteiger partial charge < -0.3 is 15.0 Å². The maximum atomic E-state index is 13.8. The number of aryl methyl sites for hydroxylation is 4. The molecule has 2 N–H and O–H groups in total. The van der Waals surface area contributed by atoms with E-state index in [0.29, 0.717) is 23.5 Å². The summed E-state index contributed by atoms with van der Waals surface area (Å²) in [7, 11) is 0. The van der Waals surface area contributed by atoms with Gasteiger partial charge in [0.25, 0.3) is 0 Å². The molecule has 0 spiro atoms. The molecule has 0 saturated heterocycles. The number of aliphatic hydroxyl groups excluding tert-OH is 1. The van der Waals surface area contributed by atoms with Gasteiger partial charge in [-0.15, -0.1) is 0 Å². The second-order valence-corrected chi connectivity index (χ2v) is 14.3. The van der Waals surface area contributed by atoms with E-state index >= 15 is 0 Å². The number of ketones is 1. The summed E-state index contributed by atoms with van der Waals surface area (Å²) in [6, 6.07) is 39.8. The third-order valence-electron chi connectivity index (χ3n) is 10.3. The number of allylic oxidation sites excluding steroid dienone is 6. The maximum Gasteiger partial charge on any atom is 0.212 e. The van der Waals surface area contributed by atoms with Crippen LogP contribution < -0.4 is 9.48 Å². The zero-order valence-electron chi connectivity index (χ0n) is 30.6. The molecule has 0 radical (unpaired) electrons. The normalized spacial score (nSPS) is 16.4. The number of anilines is 3. The van der Waals surface area contributed by atoms with E-state index in [1.165, 1.54) is 22.3 Å². The van der Waals surface area contributed by atoms with Gasteiger partial charge in [0.05, 0.1) is 28.0 Å². The average Bonchev–Trinajstić information content (AvgIpc) is 3.78. The Morgan fingerprint density at radius 1 is 0.667 bits per heavy atom. The van der Waals surface area contributed by atoms with Crippen molar-refractivity contribution in [2.75, 3.05) is 4.90 Å². The molecule has 7 heteroatoms. The summed E-state index contributed by atoms with van der Waals surface area (Å²) >= 11 is 0. The molecule has 0 fully saturated rings. The Bertz CT molecular complexity index is 2610. The van der Waals surface area contributed by atoms with Gasteiger partial charge in [-0.25, -0.2) is 4.98 Å². The number of aliphatic imine (C=N–C) groups is 1. The number of Topliss-reactive ketones (excluding diaryl/α,β-unsaturated/α-hetero) is 1. The van der Waals surface area contributed by atoms with Crippen molar-refractivity contribution in [2.45, 2.75) is 34.1 Å². The predicted octanol–water partition coefficient (Wildman–Crippen LogP) is 10.7. The Morgan fingerprint density at radius 2 is 1.20 bits per heavy atom. The summed E-state index contributed by atoms with van der Waals surface area (Å²) in [5.74, 6) is 0.00391. The van der Waals surface area contributed by atoms with E-state index in [0.717, 1.165) is 51.0 Å². The summed E-state index contributed by atoms with van der Waals surface area (Å²) in [6.45, 7) is 8.32. The molecule has 0 unspecified atom stereocenters. The number of fused-ring (bicyclic) bond motifs is 2. The predicted molar refractivity (Wildman–Crippen MR) is 220 cm³/mol. The van der Waals surface area contributed by atoms with Gasteiger partial charge in [0, 0.05) is 59.9 Å². The molecule has 0 amide bonds. The smallest absolute Gasteiger partial charge is 0.212 e. The van der Waals surface area contributed by atoms with Gasteiger partial charge in [-0.3, -0.25) is 9.79 Å². The number of carbonyl (C=O) groups is 1. The number of benzene rings is 5. The number of H-pyrrole nitrogens is 1. The number of nitrogens with zero attached hydrogens (tertiary/aromatic N) is 4. The molecule has 9 rings (SSSR count). The summed E-state index contributed by atoms with van der Waals surface area (Å²) in [4.78, 5) is 28.9. The van der Waals surface area contributed by atoms with Gasteiger partial charge in [-0.05, 0) is 81.8 Å². The lowest BCUT2D eigenvalue weighted by molar-refractivity contribution is -0.111. The summed E-state index contributed by atoms with van der Waals surface area (Å²) in [5.41, 5.74) is 15.1. The van der Waals surface area contributed by atoms with Gasteiger partial charge in [0.2, 0.25) is 22.9 Å². The van der Waals surface area contributed by atoms with E-state index in [4.69, 9.17) is 9.98 Å². The number of aromatic amines is 1. The third-order valence-corrected chi connectivity index (χ3v) is 10.3. The van der Waals surface area contributed by atoms with Gasteiger partial charge in [-0.2, -0.15) is 4.58 Å². The van der Waals surface area contributed by atoms with Crippen LogP contribution in [-0.2, 0) is 4.79 Å². The number of nitrogens with one attached hydrogen (secondary N) is 1. The number of hydrogen-bond donors (Lipinski definition) is 2. The van der Waals surface area contributed by atoms with Crippen molar-refractivity contribution in [1.82, 2.24) is 14.5 Å². The highest BCUT2D eigenvalue weighted by molar-refractivity contribution is 6.39. The fourth-order valence-electron chi connectivity index (χ4n) is 7.29. The first kappa shape index (κ1) is 33.0. The van der Waals surface area contributed by atoms with Crippen LogP contribution >= 0.6 is 0 Å². The van der Waals surface area contributed by atoms with Crippen LogP contribution in [0.3, 0.4) is 0 Å². The molecule has 1 aliphatic heterocycles. The molecule has 0 saturated carbocycles. The van der Waals surface area contributed by atoms with Gasteiger partial charge in [0.15, 0.2) is 0 Å². The number of aliphatic hydroxyl groups is 1. The van der Waals surface area contributed by atoms with E-state index in [-0.39, 0.29) is 22.7 Å². The number of rotatable bonds is 6. The van der Waals surface area contributed by atoms with Crippen molar-refractivity contribution in [3.8, 4) is 0 Å². The van der Waals surface area contributed by atoms with Crippen LogP contribution in [0.25, 0.3) is 16.6 Å². The van der Waals surface area contributed by atoms with Gasteiger partial charge >= 0.3 is 0 Å². The highest BCUT2D eigenvalue weighted by Crippen LogP contribution is 2.42. The lowest BCUT2D eigenvalue weighted by Gasteiger charge is -2.25. The van der Waals surface area contributed by atoms with Gasteiger partial charge in [0.1, 0.15) is 17.2 Å². The molecule has 2 heterocycles. The highest BCUT2D eigenvalue weighted by Gasteiger charge is 2.41. The summed E-state index contributed by atoms with van der Waals surface area (Å²) in [5, 5.41) is 11.4. The van der Waals surface area contributed by atoms with Crippen LogP contribution in [0.15, 0.2) is 161 Å². The minimum atomic E-state index is -0.263. The standard InChI is InChI=1S/C47H37N5O2/c1-28-5-13-33(14-6-28)51(34-15-7-29(2)8-16-34)37-21-23-39-32(25-37)26-42(48-39)43-45(53)44(46(43)54)47-49-40-24-22-38(27-41(40)50-47)52(35-17-9-30(3)10-18-35)36-19-11-31(4)12-20-36/h5-25,27H,26H2,1-4H3,(H,48,53,54)/p+1. The molecular formula is C47H38N5O2+. The SMILES string of the molecule is Cc1ccc(N(c2ccc(C)cc2)c2ccc3nc(C4=C(O)C(=C5CC6=CC(=[N+](c7ccc(C)cc7)c7ccc(C)cc7)C=CC6=N5)C4=O)[nH]c3c2)cc1. The first-order chi connectivity index (χ1) is 26.2. The molecule has 6 aromatic rings. The van der Waals surface area contributed by atoms with Crippen LogP contribution in [0.5, 0.6) is 0 Å². The maximum absolute atomic E-state index is 13.8. The van der Waals surface area contributed by atoms with Crippen molar-refractivity contribution in [2.24, 2.45) is 4.99 Å². The summed E-state index contributed by atoms with van der Waals surface area (Å²) < 4.78 is 2.22. The molecule has 0 bridgehead atoms. The summed E-state index contributed by atoms with van der Waals surface area (Å²) in [6.07, 6.45) is 6.62. The molecule has 2 aliphatic carbocycles. The molecular weight excluding hydrogens is 667 g/mol. The third kappa shape index (κ3) is 5.80. The highest BCUT2D eigenvalue weighted by atomic mass is 16.3. The van der Waals surface area contributed by atoms with E-state index < -0.39 is 0 Å². The molecule has 1 aromatic heterocycles. The van der Waals surface area contributed by atoms with E-state index in [2.05, 4.69) is 151 Å². The molecule has 262 valence electrons. The minimum absolute atomic E-state index is 0.0760. The first-order valence-corrected chi connectivity index (χ1v) is 18.1. The van der Waals surface area contributed by atoms with Crippen LogP contribution in [0.1, 0.15) is 34.5 Å². The van der Waals surface area contributed by atoms with Crippen molar-refractivity contribution >= 4 is 62.3 Å². The fourth-order valence-corrected chi connectivity index (χ4v) is 7.29. The zero-order chi connectivity index (χ0) is 37.1. The number of carbonyl (C=O) groups excluding carboxylic acids is 1. The van der Waals surface area contributed by atoms with Gasteiger partial charge in [-0.1, -0.05) is 70.8 Å². The van der Waals surface area contributed by atoms with Crippen LogP contribution in [0, 0.1) is 27.7 Å². The fraction of sp³-hybridized carbons (Fsp3) is 0.106. The molecule has 0 atom stereocenters. The van der Waals surface area contributed by atoms with Crippen molar-refractivity contribution in [1.29, 1.82) is 0 Å². The second kappa shape index (κ2) is 13.0. The molecule has 54 heavy (non-hydrogen) atoms. The van der Waals surface area contributed by atoms with Crippen molar-refractivity contribution < 1.29 is 9.90 Å². The topological polar surface area (TPSA) is 84.6 Å². The Kier molecular flexibility index (Phi) is 7.93. The number of imidazole rings is 1. The van der Waals surface area contributed by atoms with E-state index in [1.54, 1.807) is 0 Å². The van der Waals surface area contributed by atoms with E-state index in [1.807, 2.05) is 24.3 Å². The lowest BCUT2D eigenvalue weighted by Crippen LogP contribution is -2.23. The largest absolute Gasteiger partial charge is 0.506 e. The Balaban J connectivity index is 1.04. The van der Waals surface area contributed by atoms with Crippen molar-refractivity contribution in [3.63, 3.8) is 0 Å². The first-order valence-electron chi connectivity index (χ1n) is 18.1. The second-order valence-electron chi connectivity index (χ2n) is 14.3. The van der Waals surface area contributed by atoms with Crippen LogP contribution in [-0.4, -0.2) is 32.3 Å². The Morgan fingerprint density at radius 3 is 1.76 bits per heavy atom. The van der Waals surface area contributed by atoms with Crippen LogP contribution in [0.4, 0.5) is 28.4 Å². The Hall–Kier alpha value is -6.86. The number of hydrogen-bond acceptors (Lipinski definition) is 5. The van der Waals surface area contributed by atoms with Crippen molar-refractivity contribution in [3.05, 3.63) is 184 Å². The lowest BCUT2D eigenvalue weighted by atomic mass is 9.85. The van der Waals surface area contributed by atoms with E-state index in [9.17, 15) is 9.90 Å². The zero-order valence-corrected chi connectivity index (χ0v) is 30.6. The Labute approximate surface area is 314 Å². The monoisotopic (exact) mass is 704 g/mol. The quantitative estimate of drug-likeness (QED) is 0.103. The van der Waals surface area contributed by atoms with Crippen LogP contribution in [0.2, 0.25) is 0 Å². The number of aromatic nitrogens is 2. The minimum Gasteiger partial charge on any atom is -0.506 e.